The van der Waals surface area contributed by atoms with Crippen LogP contribution in [0.15, 0.2) is 54.6 Å². The van der Waals surface area contributed by atoms with Crippen LogP contribution in [0.25, 0.3) is 6.08 Å². The lowest BCUT2D eigenvalue weighted by atomic mass is 10.2. The first-order valence-corrected chi connectivity index (χ1v) is 6.33. The van der Waals surface area contributed by atoms with Crippen LogP contribution in [0.1, 0.15) is 11.1 Å². The van der Waals surface area contributed by atoms with Gasteiger partial charge in [0, 0.05) is 16.8 Å². The van der Waals surface area contributed by atoms with Crippen LogP contribution >= 0.6 is 11.6 Å². The summed E-state index contributed by atoms with van der Waals surface area (Å²) in [6, 6.07) is 15.1. The number of hydrogen-bond donors (Lipinski definition) is 1. The van der Waals surface area contributed by atoms with Crippen LogP contribution in [-0.2, 0) is 4.79 Å². The van der Waals surface area contributed by atoms with Crippen molar-refractivity contribution in [1.29, 1.82) is 0 Å². The third-order valence-corrected chi connectivity index (χ3v) is 2.91. The first-order chi connectivity index (χ1) is 9.15. The van der Waals surface area contributed by atoms with E-state index in [2.05, 4.69) is 5.32 Å². The number of amides is 1. The number of halogens is 1. The lowest BCUT2D eigenvalue weighted by Crippen LogP contribution is -2.08. The van der Waals surface area contributed by atoms with E-state index in [0.717, 1.165) is 16.8 Å². The molecule has 3 heteroatoms. The van der Waals surface area contributed by atoms with Gasteiger partial charge in [-0.3, -0.25) is 4.79 Å². The SMILES string of the molecule is Cc1cc(Cl)ccc1NC(=O)C=Cc1ccccc1. The van der Waals surface area contributed by atoms with Gasteiger partial charge < -0.3 is 5.32 Å². The van der Waals surface area contributed by atoms with Crippen molar-refractivity contribution < 1.29 is 4.79 Å². The Hall–Kier alpha value is -2.06. The third kappa shape index (κ3) is 3.97. The quantitative estimate of drug-likeness (QED) is 0.829. The maximum absolute atomic E-state index is 11.8. The van der Waals surface area contributed by atoms with E-state index in [0.29, 0.717) is 5.02 Å². The standard InChI is InChI=1S/C16H14ClNO/c1-12-11-14(17)8-9-15(12)18-16(19)10-7-13-5-3-2-4-6-13/h2-11H,1H3,(H,18,19). The Morgan fingerprint density at radius 1 is 1.16 bits per heavy atom. The fraction of sp³-hybridized carbons (Fsp3) is 0.0625. The van der Waals surface area contributed by atoms with E-state index in [-0.39, 0.29) is 5.91 Å². The van der Waals surface area contributed by atoms with Gasteiger partial charge in [-0.15, -0.1) is 0 Å². The van der Waals surface area contributed by atoms with E-state index in [9.17, 15) is 4.79 Å². The number of carbonyl (C=O) groups is 1. The van der Waals surface area contributed by atoms with Gasteiger partial charge in [0.05, 0.1) is 0 Å². The highest BCUT2D eigenvalue weighted by atomic mass is 35.5. The molecule has 2 rings (SSSR count). The summed E-state index contributed by atoms with van der Waals surface area (Å²) in [6.07, 6.45) is 3.30. The zero-order chi connectivity index (χ0) is 13.7. The molecular weight excluding hydrogens is 258 g/mol. The molecule has 0 heterocycles. The number of hydrogen-bond acceptors (Lipinski definition) is 1. The molecule has 0 radical (unpaired) electrons. The minimum atomic E-state index is -0.158. The molecule has 19 heavy (non-hydrogen) atoms. The zero-order valence-corrected chi connectivity index (χ0v) is 11.3. The van der Waals surface area contributed by atoms with Crippen LogP contribution < -0.4 is 5.32 Å². The van der Waals surface area contributed by atoms with Crippen molar-refractivity contribution in [2.24, 2.45) is 0 Å². The Bertz CT molecular complexity index is 605. The number of rotatable bonds is 3. The average Bonchev–Trinajstić information content (AvgIpc) is 2.41. The summed E-state index contributed by atoms with van der Waals surface area (Å²) in [7, 11) is 0. The zero-order valence-electron chi connectivity index (χ0n) is 10.6. The first-order valence-electron chi connectivity index (χ1n) is 5.95. The van der Waals surface area contributed by atoms with Gasteiger partial charge in [0.1, 0.15) is 0 Å². The Labute approximate surface area is 117 Å². The molecule has 0 aromatic heterocycles. The molecule has 0 spiro atoms. The molecule has 0 saturated heterocycles. The van der Waals surface area contributed by atoms with E-state index in [1.54, 1.807) is 18.2 Å². The van der Waals surface area contributed by atoms with Gasteiger partial charge in [-0.25, -0.2) is 0 Å². The van der Waals surface area contributed by atoms with E-state index in [4.69, 9.17) is 11.6 Å². The molecule has 0 aliphatic carbocycles. The van der Waals surface area contributed by atoms with Gasteiger partial charge in [0.15, 0.2) is 0 Å². The van der Waals surface area contributed by atoms with Crippen molar-refractivity contribution in [3.8, 4) is 0 Å². The number of anilines is 1. The summed E-state index contributed by atoms with van der Waals surface area (Å²) in [5.74, 6) is -0.158. The van der Waals surface area contributed by atoms with Crippen LogP contribution in [-0.4, -0.2) is 5.91 Å². The molecule has 0 aliphatic heterocycles. The Morgan fingerprint density at radius 2 is 1.89 bits per heavy atom. The van der Waals surface area contributed by atoms with Crippen molar-refractivity contribution in [3.63, 3.8) is 0 Å². The highest BCUT2D eigenvalue weighted by Crippen LogP contribution is 2.19. The molecular formula is C16H14ClNO. The molecule has 96 valence electrons. The molecule has 2 aromatic rings. The molecule has 2 aromatic carbocycles. The highest BCUT2D eigenvalue weighted by Gasteiger charge is 2.01. The van der Waals surface area contributed by atoms with Gasteiger partial charge in [0.25, 0.3) is 0 Å². The predicted octanol–water partition coefficient (Wildman–Crippen LogP) is 4.30. The van der Waals surface area contributed by atoms with E-state index < -0.39 is 0 Å². The van der Waals surface area contributed by atoms with Crippen LogP contribution in [0.2, 0.25) is 5.02 Å². The van der Waals surface area contributed by atoms with E-state index in [1.807, 2.05) is 43.3 Å². The molecule has 0 aliphatic rings. The van der Waals surface area contributed by atoms with Gasteiger partial charge in [-0.2, -0.15) is 0 Å². The van der Waals surface area contributed by atoms with Crippen LogP contribution in [0.4, 0.5) is 5.69 Å². The van der Waals surface area contributed by atoms with Crippen LogP contribution in [0.3, 0.4) is 0 Å². The topological polar surface area (TPSA) is 29.1 Å². The minimum Gasteiger partial charge on any atom is -0.322 e. The van der Waals surface area contributed by atoms with Crippen molar-refractivity contribution in [1.82, 2.24) is 0 Å². The second-order valence-corrected chi connectivity index (χ2v) is 4.63. The Kier molecular flexibility index (Phi) is 4.37. The fourth-order valence-corrected chi connectivity index (χ4v) is 1.90. The summed E-state index contributed by atoms with van der Waals surface area (Å²) < 4.78 is 0. The molecule has 0 atom stereocenters. The monoisotopic (exact) mass is 271 g/mol. The van der Waals surface area contributed by atoms with Crippen molar-refractivity contribution in [3.05, 3.63) is 70.8 Å². The van der Waals surface area contributed by atoms with Crippen molar-refractivity contribution in [2.75, 3.05) is 5.32 Å². The molecule has 0 fully saturated rings. The number of carbonyl (C=O) groups excluding carboxylic acids is 1. The third-order valence-electron chi connectivity index (χ3n) is 2.67. The van der Waals surface area contributed by atoms with Gasteiger partial charge in [-0.1, -0.05) is 41.9 Å². The first kappa shape index (κ1) is 13.4. The fourth-order valence-electron chi connectivity index (χ4n) is 1.68. The average molecular weight is 272 g/mol. The minimum absolute atomic E-state index is 0.158. The molecule has 2 nitrogen and oxygen atoms in total. The largest absolute Gasteiger partial charge is 0.322 e. The van der Waals surface area contributed by atoms with E-state index >= 15 is 0 Å². The van der Waals surface area contributed by atoms with Crippen molar-refractivity contribution in [2.45, 2.75) is 6.92 Å². The lowest BCUT2D eigenvalue weighted by molar-refractivity contribution is -0.111. The lowest BCUT2D eigenvalue weighted by Gasteiger charge is -2.06. The summed E-state index contributed by atoms with van der Waals surface area (Å²) in [5.41, 5.74) is 2.70. The predicted molar refractivity (Wildman–Crippen MR) is 80.3 cm³/mol. The van der Waals surface area contributed by atoms with Gasteiger partial charge >= 0.3 is 0 Å². The van der Waals surface area contributed by atoms with Crippen molar-refractivity contribution >= 4 is 29.3 Å². The molecule has 0 bridgehead atoms. The highest BCUT2D eigenvalue weighted by molar-refractivity contribution is 6.30. The Morgan fingerprint density at radius 3 is 2.58 bits per heavy atom. The van der Waals surface area contributed by atoms with Gasteiger partial charge in [0.2, 0.25) is 5.91 Å². The Balaban J connectivity index is 2.04. The summed E-state index contributed by atoms with van der Waals surface area (Å²) in [5, 5.41) is 3.49. The number of nitrogens with one attached hydrogen (secondary N) is 1. The second-order valence-electron chi connectivity index (χ2n) is 4.19. The molecule has 1 amide bonds. The molecule has 0 saturated carbocycles. The number of aryl methyl sites for hydroxylation is 1. The van der Waals surface area contributed by atoms with Crippen LogP contribution in [0.5, 0.6) is 0 Å². The second kappa shape index (κ2) is 6.21. The summed E-state index contributed by atoms with van der Waals surface area (Å²) >= 11 is 5.87. The maximum atomic E-state index is 11.8. The maximum Gasteiger partial charge on any atom is 0.248 e. The number of benzene rings is 2. The van der Waals surface area contributed by atoms with E-state index in [1.165, 1.54) is 6.08 Å². The van der Waals surface area contributed by atoms with Gasteiger partial charge in [-0.05, 0) is 42.3 Å². The normalized spacial score (nSPS) is 10.6. The molecule has 1 N–H and O–H groups in total. The van der Waals surface area contributed by atoms with Crippen LogP contribution in [0, 0.1) is 6.92 Å². The smallest absolute Gasteiger partial charge is 0.248 e. The summed E-state index contributed by atoms with van der Waals surface area (Å²) in [6.45, 7) is 1.91. The summed E-state index contributed by atoms with van der Waals surface area (Å²) in [4.78, 5) is 11.8. The molecule has 0 unspecified atom stereocenters.